The number of hydrogen-bond donors (Lipinski definition) is 0. The number of fused-ring (bicyclic) bond motifs is 14. The van der Waals surface area contributed by atoms with E-state index in [1.165, 1.54) is 0 Å². The van der Waals surface area contributed by atoms with Crippen LogP contribution >= 0.6 is 0 Å². The molecule has 5 heterocycles. The highest BCUT2D eigenvalue weighted by Gasteiger charge is 2.46. The quantitative estimate of drug-likeness (QED) is 0.134. The highest BCUT2D eigenvalue weighted by atomic mass is 15.2. The summed E-state index contributed by atoms with van der Waals surface area (Å²) in [5, 5.41) is 4.56. The summed E-state index contributed by atoms with van der Waals surface area (Å²) in [4.78, 5) is 5.01. The van der Waals surface area contributed by atoms with Crippen LogP contribution in [0.3, 0.4) is 0 Å². The zero-order valence-corrected chi connectivity index (χ0v) is 55.1. The minimum atomic E-state index is -0.501. The van der Waals surface area contributed by atoms with Crippen molar-refractivity contribution in [3.8, 4) is 61.6 Å². The van der Waals surface area contributed by atoms with Gasteiger partial charge in [0, 0.05) is 94.4 Å². The van der Waals surface area contributed by atoms with Gasteiger partial charge >= 0.3 is 0 Å². The number of aromatic nitrogens is 3. The first kappa shape index (κ1) is 49.8. The van der Waals surface area contributed by atoms with Crippen LogP contribution in [-0.4, -0.2) is 20.4 Å². The first-order valence-electron chi connectivity index (χ1n) is 38.2. The van der Waals surface area contributed by atoms with Gasteiger partial charge in [0.05, 0.1) is 55.4 Å². The number of para-hydroxylation sites is 7. The third-order valence-electron chi connectivity index (χ3n) is 20.8. The molecule has 0 spiro atoms. The molecule has 100 heavy (non-hydrogen) atoms. The Morgan fingerprint density at radius 2 is 0.710 bits per heavy atom. The fourth-order valence-electron chi connectivity index (χ4n) is 16.4. The number of rotatable bonds is 9. The topological polar surface area (TPSA) is 21.3 Å². The maximum atomic E-state index is 9.81. The number of hydrogen-bond acceptors (Lipinski definition) is 2. The van der Waals surface area contributed by atoms with Crippen molar-refractivity contribution in [1.82, 2.24) is 13.7 Å². The minimum absolute atomic E-state index is 0.0110. The van der Waals surface area contributed by atoms with E-state index in [1.807, 2.05) is 18.2 Å². The van der Waals surface area contributed by atoms with Gasteiger partial charge in [-0.25, -0.2) is 0 Å². The van der Waals surface area contributed by atoms with Crippen molar-refractivity contribution in [2.45, 2.75) is 26.2 Å². The van der Waals surface area contributed by atoms with Crippen LogP contribution in [0, 0.1) is 0 Å². The van der Waals surface area contributed by atoms with Crippen molar-refractivity contribution in [3.05, 3.63) is 351 Å². The fourth-order valence-corrected chi connectivity index (χ4v) is 16.4. The fraction of sp³-hybridized carbons (Fsp3) is 0.0426. The summed E-state index contributed by atoms with van der Waals surface area (Å²) in [5.41, 5.74) is 24.0. The molecule has 0 radical (unpaired) electrons. The van der Waals surface area contributed by atoms with Crippen molar-refractivity contribution in [3.63, 3.8) is 0 Å². The van der Waals surface area contributed by atoms with Crippen LogP contribution in [-0.2, 0) is 5.41 Å². The molecule has 0 saturated heterocycles. The molecule has 20 rings (SSSR count). The summed E-state index contributed by atoms with van der Waals surface area (Å²) in [6, 6.07) is 103. The number of nitrogens with zero attached hydrogens (tertiary/aromatic N) is 5. The third-order valence-corrected chi connectivity index (χ3v) is 20.8. The van der Waals surface area contributed by atoms with Crippen LogP contribution in [0.1, 0.15) is 37.3 Å². The van der Waals surface area contributed by atoms with Crippen molar-refractivity contribution in [2.75, 3.05) is 9.80 Å². The molecule has 15 aromatic carbocycles. The smallest absolute Gasteiger partial charge is 0.252 e. The molecule has 0 aliphatic carbocycles. The zero-order valence-electron chi connectivity index (χ0n) is 63.1. The van der Waals surface area contributed by atoms with Gasteiger partial charge in [-0.15, -0.1) is 0 Å². The Kier molecular flexibility index (Phi) is 11.2. The lowest BCUT2D eigenvalue weighted by Gasteiger charge is -2.46. The summed E-state index contributed by atoms with van der Waals surface area (Å²) in [5.74, 6) is 0. The summed E-state index contributed by atoms with van der Waals surface area (Å²) in [6.07, 6.45) is 0. The lowest BCUT2D eigenvalue weighted by Crippen LogP contribution is -2.61. The molecule has 0 N–H and O–H groups in total. The molecule has 5 nitrogen and oxygen atoms in total. The Labute approximate surface area is 592 Å². The van der Waals surface area contributed by atoms with E-state index < -0.39 is 48.4 Å². The average molecular weight is 1280 g/mol. The maximum Gasteiger partial charge on any atom is 0.252 e. The molecule has 0 unspecified atom stereocenters. The summed E-state index contributed by atoms with van der Waals surface area (Å²) >= 11 is 0. The summed E-state index contributed by atoms with van der Waals surface area (Å²) in [6.45, 7) is 6.34. The van der Waals surface area contributed by atoms with Gasteiger partial charge in [-0.1, -0.05) is 288 Å². The van der Waals surface area contributed by atoms with Crippen LogP contribution in [0.4, 0.5) is 34.1 Å². The molecule has 470 valence electrons. The van der Waals surface area contributed by atoms with E-state index in [0.717, 1.165) is 156 Å². The van der Waals surface area contributed by atoms with Crippen molar-refractivity contribution >= 4 is 123 Å². The van der Waals surface area contributed by atoms with Crippen LogP contribution in [0.15, 0.2) is 346 Å². The minimum Gasteiger partial charge on any atom is -0.310 e. The predicted octanol–water partition coefficient (Wildman–Crippen LogP) is 23.0. The molecular weight excluding hydrogens is 1210 g/mol. The van der Waals surface area contributed by atoms with Crippen LogP contribution in [0.25, 0.3) is 127 Å². The van der Waals surface area contributed by atoms with E-state index in [-0.39, 0.29) is 33.9 Å². The normalized spacial score (nSPS) is 13.8. The van der Waals surface area contributed by atoms with Crippen molar-refractivity contribution in [1.29, 1.82) is 0 Å². The SMILES string of the molecule is [2H]c1c([2H])c([2H])c2c(c1[2H])c1c([2H])c([2H])c([2H])c([2H])c1n2-c1ccc2c(c1)N(c1c(-c3ccccc3)cccc1-c1ccccc1)c1cc(C(C)(C)C)cc3c1B2c1ccc(-n2c4ccccc4c4ccc5c(c6ccccc6n5-c5ccccc5)c42)cc1N3c1c(-c2ccccc2)cccc1-c1ccccc1. The Hall–Kier alpha value is -12.6. The Balaban J connectivity index is 0.969. The second-order valence-electron chi connectivity index (χ2n) is 27.3. The lowest BCUT2D eigenvalue weighted by atomic mass is 9.33. The largest absolute Gasteiger partial charge is 0.310 e. The molecule has 6 heteroatoms. The summed E-state index contributed by atoms with van der Waals surface area (Å²) < 4.78 is 81.9. The van der Waals surface area contributed by atoms with Crippen LogP contribution in [0.2, 0.25) is 0 Å². The maximum absolute atomic E-state index is 9.81. The summed E-state index contributed by atoms with van der Waals surface area (Å²) in [7, 11) is 0. The highest BCUT2D eigenvalue weighted by Crippen LogP contribution is 2.55. The Morgan fingerprint density at radius 3 is 1.19 bits per heavy atom. The van der Waals surface area contributed by atoms with E-state index in [9.17, 15) is 8.22 Å². The lowest BCUT2D eigenvalue weighted by molar-refractivity contribution is 0.590. The van der Waals surface area contributed by atoms with Gasteiger partial charge in [-0.2, -0.15) is 0 Å². The Bertz CT molecular complexity index is 6640. The zero-order chi connectivity index (χ0) is 73.3. The molecule has 0 bridgehead atoms. The first-order valence-corrected chi connectivity index (χ1v) is 34.2. The molecule has 3 aromatic heterocycles. The predicted molar refractivity (Wildman–Crippen MR) is 424 cm³/mol. The van der Waals surface area contributed by atoms with Crippen LogP contribution < -0.4 is 26.2 Å². The Morgan fingerprint density at radius 1 is 0.300 bits per heavy atom. The highest BCUT2D eigenvalue weighted by molar-refractivity contribution is 7.00. The van der Waals surface area contributed by atoms with Gasteiger partial charge < -0.3 is 23.5 Å². The monoisotopic (exact) mass is 1280 g/mol. The molecule has 18 aromatic rings. The van der Waals surface area contributed by atoms with Crippen molar-refractivity contribution < 1.29 is 11.0 Å². The third kappa shape index (κ3) is 8.69. The van der Waals surface area contributed by atoms with Crippen LogP contribution in [0.5, 0.6) is 0 Å². The van der Waals surface area contributed by atoms with Gasteiger partial charge in [-0.3, -0.25) is 0 Å². The van der Waals surface area contributed by atoms with E-state index in [1.54, 1.807) is 4.57 Å². The van der Waals surface area contributed by atoms with Gasteiger partial charge in [0.25, 0.3) is 6.71 Å². The van der Waals surface area contributed by atoms with Gasteiger partial charge in [0.2, 0.25) is 0 Å². The van der Waals surface area contributed by atoms with Gasteiger partial charge in [0.1, 0.15) is 0 Å². The van der Waals surface area contributed by atoms with E-state index >= 15 is 0 Å². The molecule has 2 aliphatic heterocycles. The molecule has 0 atom stereocenters. The molecule has 0 fully saturated rings. The standard InChI is InChI=1S/C94H66BN5/c1-94(2,3)65-57-87-90-88(58-65)100(92-71(63-33-13-6-14-34-63)45-28-46-72(92)64-35-15-7-16-36-64)86-60-68(98-82-49-25-21-41-75(82)76-53-56-84-89(93(76)98)77-42-22-26-50-83(77)96(84)66-37-17-8-18-38-66)52-55-79(86)95(90)78-54-51-67(97-80-47-23-19-39-73(80)74-40-20-24-48-81(74)97)59-85(78)99(87)91-69(61-29-9-4-10-30-61)43-27-44-70(91)62-31-11-5-12-32-62/h4-60H,1-3H3/i19D,20D,23D,24D,39D,40D,47D,48D. The van der Waals surface area contributed by atoms with Crippen molar-refractivity contribution in [2.24, 2.45) is 0 Å². The van der Waals surface area contributed by atoms with E-state index in [4.69, 9.17) is 2.74 Å². The number of benzene rings is 15. The number of anilines is 6. The molecule has 2 aliphatic rings. The van der Waals surface area contributed by atoms with Gasteiger partial charge in [-0.05, 0) is 128 Å². The molecule has 0 amide bonds. The first-order chi connectivity index (χ1) is 52.6. The second kappa shape index (κ2) is 22.5. The average Bonchev–Trinajstić information content (AvgIpc) is 0.853. The molecular formula is C94H66BN5. The van der Waals surface area contributed by atoms with E-state index in [0.29, 0.717) is 5.69 Å². The second-order valence-corrected chi connectivity index (χ2v) is 27.3. The molecule has 0 saturated carbocycles. The van der Waals surface area contributed by atoms with E-state index in [2.05, 4.69) is 319 Å². The van der Waals surface area contributed by atoms with Gasteiger partial charge in [0.15, 0.2) is 0 Å².